The molecule has 1 aliphatic heterocycles. The minimum absolute atomic E-state index is 0.0354. The van der Waals surface area contributed by atoms with Crippen LogP contribution in [0, 0.1) is 0 Å². The van der Waals surface area contributed by atoms with Gasteiger partial charge in [0.1, 0.15) is 0 Å². The number of hydrogen-bond acceptors (Lipinski definition) is 4. The normalized spacial score (nSPS) is 22.9. The highest BCUT2D eigenvalue weighted by Gasteiger charge is 2.22. The fraction of sp³-hybridized carbons (Fsp3) is 0.846. The average Bonchev–Trinajstić information content (AvgIpc) is 2.40. The number of nitrogens with zero attached hydrogens (tertiary/aromatic N) is 1. The molecular formula is C13H26N4O2. The lowest BCUT2D eigenvalue weighted by atomic mass is 10.1. The molecule has 2 atom stereocenters. The van der Waals surface area contributed by atoms with Gasteiger partial charge in [-0.15, -0.1) is 0 Å². The molecule has 1 heterocycles. The van der Waals surface area contributed by atoms with Gasteiger partial charge < -0.3 is 20.9 Å². The topological polar surface area (TPSA) is 73.5 Å². The molecule has 2 unspecified atom stereocenters. The second kappa shape index (κ2) is 8.12. The molecule has 2 amide bonds. The monoisotopic (exact) mass is 270 g/mol. The number of amides is 2. The number of nitrogens with one attached hydrogen (secondary N) is 3. The van der Waals surface area contributed by atoms with Crippen LogP contribution in [0.25, 0.3) is 0 Å². The average molecular weight is 270 g/mol. The van der Waals surface area contributed by atoms with E-state index in [1.165, 1.54) is 0 Å². The predicted octanol–water partition coefficient (Wildman–Crippen LogP) is -0.689. The molecule has 1 aliphatic rings. The maximum absolute atomic E-state index is 11.9. The Bertz CT molecular complexity index is 297. The first-order valence-electron chi connectivity index (χ1n) is 7.10. The third kappa shape index (κ3) is 5.16. The smallest absolute Gasteiger partial charge is 0.238 e. The first-order chi connectivity index (χ1) is 9.08. The van der Waals surface area contributed by atoms with Gasteiger partial charge in [0.05, 0.1) is 6.04 Å². The van der Waals surface area contributed by atoms with Crippen molar-refractivity contribution in [2.24, 2.45) is 0 Å². The minimum Gasteiger partial charge on any atom is -0.354 e. The van der Waals surface area contributed by atoms with Crippen molar-refractivity contribution in [1.29, 1.82) is 0 Å². The summed E-state index contributed by atoms with van der Waals surface area (Å²) in [5, 5.41) is 9.24. The van der Waals surface area contributed by atoms with Gasteiger partial charge in [-0.25, -0.2) is 0 Å². The van der Waals surface area contributed by atoms with Crippen molar-refractivity contribution in [3.05, 3.63) is 0 Å². The number of carbonyl (C=O) groups is 2. The second-order valence-corrected chi connectivity index (χ2v) is 4.88. The Kier molecular flexibility index (Phi) is 6.80. The highest BCUT2D eigenvalue weighted by atomic mass is 16.2. The summed E-state index contributed by atoms with van der Waals surface area (Å²) in [5.41, 5.74) is 0. The van der Waals surface area contributed by atoms with Crippen molar-refractivity contribution in [1.82, 2.24) is 20.9 Å². The Labute approximate surface area is 115 Å². The molecule has 6 nitrogen and oxygen atoms in total. The van der Waals surface area contributed by atoms with E-state index in [-0.39, 0.29) is 17.9 Å². The van der Waals surface area contributed by atoms with Gasteiger partial charge in [-0.2, -0.15) is 0 Å². The number of hydrogen-bond donors (Lipinski definition) is 3. The first-order valence-corrected chi connectivity index (χ1v) is 7.10. The lowest BCUT2D eigenvalue weighted by molar-refractivity contribution is -0.130. The van der Waals surface area contributed by atoms with E-state index in [2.05, 4.69) is 22.9 Å². The van der Waals surface area contributed by atoms with Gasteiger partial charge in [0.15, 0.2) is 0 Å². The van der Waals surface area contributed by atoms with Crippen LogP contribution in [0.3, 0.4) is 0 Å². The Balaban J connectivity index is 2.21. The first kappa shape index (κ1) is 15.9. The van der Waals surface area contributed by atoms with E-state index in [0.717, 1.165) is 19.6 Å². The third-order valence-electron chi connectivity index (χ3n) is 3.41. The van der Waals surface area contributed by atoms with E-state index in [4.69, 9.17) is 0 Å². The molecule has 1 fully saturated rings. The summed E-state index contributed by atoms with van der Waals surface area (Å²) in [6.45, 7) is 9.25. The fourth-order valence-electron chi connectivity index (χ4n) is 2.12. The molecule has 0 aromatic carbocycles. The Hall–Kier alpha value is -1.14. The van der Waals surface area contributed by atoms with Crippen molar-refractivity contribution >= 4 is 11.8 Å². The predicted molar refractivity (Wildman–Crippen MR) is 74.8 cm³/mol. The molecule has 0 spiro atoms. The van der Waals surface area contributed by atoms with Gasteiger partial charge in [-0.05, 0) is 20.8 Å². The molecule has 6 heteroatoms. The molecule has 0 aromatic heterocycles. The summed E-state index contributed by atoms with van der Waals surface area (Å²) < 4.78 is 0. The van der Waals surface area contributed by atoms with Gasteiger partial charge in [0.2, 0.25) is 11.8 Å². The maximum atomic E-state index is 11.9. The molecule has 1 rings (SSSR count). The number of carbonyl (C=O) groups excluding carboxylic acids is 2. The molecular weight excluding hydrogens is 244 g/mol. The van der Waals surface area contributed by atoms with Crippen LogP contribution in [0.1, 0.15) is 27.2 Å². The standard InChI is InChI=1S/C13H26N4O2/c1-4-17(5-2)12(18)6-7-14-13(19)11-9-15-10(3)8-16-11/h10-11,15-16H,4-9H2,1-3H3,(H,14,19). The zero-order valence-corrected chi connectivity index (χ0v) is 12.2. The van der Waals surface area contributed by atoms with Gasteiger partial charge in [-0.3, -0.25) is 9.59 Å². The van der Waals surface area contributed by atoms with Crippen LogP contribution >= 0.6 is 0 Å². The molecule has 0 radical (unpaired) electrons. The van der Waals surface area contributed by atoms with Crippen LogP contribution in [0.4, 0.5) is 0 Å². The van der Waals surface area contributed by atoms with E-state index in [1.54, 1.807) is 4.90 Å². The third-order valence-corrected chi connectivity index (χ3v) is 3.41. The van der Waals surface area contributed by atoms with Crippen LogP contribution in [0.5, 0.6) is 0 Å². The lowest BCUT2D eigenvalue weighted by Crippen LogP contribution is -2.59. The highest BCUT2D eigenvalue weighted by molar-refractivity contribution is 5.83. The van der Waals surface area contributed by atoms with Crippen LogP contribution in [0.2, 0.25) is 0 Å². The molecule has 0 aliphatic carbocycles. The van der Waals surface area contributed by atoms with E-state index >= 15 is 0 Å². The van der Waals surface area contributed by atoms with Crippen molar-refractivity contribution in [2.75, 3.05) is 32.7 Å². The van der Waals surface area contributed by atoms with Crippen LogP contribution in [-0.2, 0) is 9.59 Å². The van der Waals surface area contributed by atoms with E-state index in [0.29, 0.717) is 25.6 Å². The molecule has 110 valence electrons. The van der Waals surface area contributed by atoms with Gasteiger partial charge in [0, 0.05) is 45.2 Å². The second-order valence-electron chi connectivity index (χ2n) is 4.88. The minimum atomic E-state index is -0.195. The Morgan fingerprint density at radius 3 is 2.42 bits per heavy atom. The summed E-state index contributed by atoms with van der Waals surface area (Å²) in [6, 6.07) is 0.202. The van der Waals surface area contributed by atoms with Gasteiger partial charge >= 0.3 is 0 Å². The molecule has 0 aromatic rings. The summed E-state index contributed by atoms with van der Waals surface area (Å²) >= 11 is 0. The van der Waals surface area contributed by atoms with Crippen LogP contribution in [-0.4, -0.2) is 61.5 Å². The zero-order chi connectivity index (χ0) is 14.3. The molecule has 19 heavy (non-hydrogen) atoms. The fourth-order valence-corrected chi connectivity index (χ4v) is 2.12. The zero-order valence-electron chi connectivity index (χ0n) is 12.2. The van der Waals surface area contributed by atoms with Crippen molar-refractivity contribution < 1.29 is 9.59 Å². The quantitative estimate of drug-likeness (QED) is 0.597. The van der Waals surface area contributed by atoms with Crippen molar-refractivity contribution in [3.63, 3.8) is 0 Å². The summed E-state index contributed by atoms with van der Waals surface area (Å²) in [6.07, 6.45) is 0.365. The summed E-state index contributed by atoms with van der Waals surface area (Å²) in [4.78, 5) is 25.4. The van der Waals surface area contributed by atoms with Gasteiger partial charge in [-0.1, -0.05) is 0 Å². The van der Waals surface area contributed by atoms with Crippen LogP contribution in [0.15, 0.2) is 0 Å². The lowest BCUT2D eigenvalue weighted by Gasteiger charge is -2.28. The Morgan fingerprint density at radius 2 is 1.89 bits per heavy atom. The number of rotatable bonds is 6. The van der Waals surface area contributed by atoms with E-state index < -0.39 is 0 Å². The number of piperazine rings is 1. The molecule has 1 saturated heterocycles. The molecule has 3 N–H and O–H groups in total. The largest absolute Gasteiger partial charge is 0.354 e. The summed E-state index contributed by atoms with van der Waals surface area (Å²) in [7, 11) is 0. The highest BCUT2D eigenvalue weighted by Crippen LogP contribution is 1.95. The Morgan fingerprint density at radius 1 is 1.21 bits per heavy atom. The maximum Gasteiger partial charge on any atom is 0.238 e. The summed E-state index contributed by atoms with van der Waals surface area (Å²) in [5.74, 6) is 0.0559. The van der Waals surface area contributed by atoms with E-state index in [9.17, 15) is 9.59 Å². The molecule has 0 bridgehead atoms. The molecule has 0 saturated carbocycles. The SMILES string of the molecule is CCN(CC)C(=O)CCNC(=O)C1CNC(C)CN1. The van der Waals surface area contributed by atoms with Crippen molar-refractivity contribution in [3.8, 4) is 0 Å². The van der Waals surface area contributed by atoms with Gasteiger partial charge in [0.25, 0.3) is 0 Å². The van der Waals surface area contributed by atoms with Crippen LogP contribution < -0.4 is 16.0 Å². The van der Waals surface area contributed by atoms with E-state index in [1.807, 2.05) is 13.8 Å². The van der Waals surface area contributed by atoms with Crippen molar-refractivity contribution in [2.45, 2.75) is 39.3 Å².